The van der Waals surface area contributed by atoms with Crippen molar-refractivity contribution in [2.45, 2.75) is 39.5 Å². The van der Waals surface area contributed by atoms with Crippen LogP contribution in [0.4, 0.5) is 28.6 Å². The monoisotopic (exact) mass is 524 g/mol. The molecule has 3 aromatic rings. The minimum absolute atomic E-state index is 0.236. The van der Waals surface area contributed by atoms with Gasteiger partial charge in [0.2, 0.25) is 10.0 Å². The number of hydrogen-bond donors (Lipinski definition) is 3. The van der Waals surface area contributed by atoms with Crippen molar-refractivity contribution in [3.63, 3.8) is 0 Å². The molecule has 1 aliphatic carbocycles. The lowest BCUT2D eigenvalue weighted by molar-refractivity contribution is 0.0365. The van der Waals surface area contributed by atoms with Gasteiger partial charge in [-0.1, -0.05) is 6.07 Å². The van der Waals surface area contributed by atoms with Crippen LogP contribution in [0.5, 0.6) is 0 Å². The van der Waals surface area contributed by atoms with Crippen LogP contribution in [0.15, 0.2) is 42.6 Å². The highest BCUT2D eigenvalue weighted by atomic mass is 32.2. The van der Waals surface area contributed by atoms with Crippen LogP contribution >= 0.6 is 0 Å². The maximum atomic E-state index is 12.9. The van der Waals surface area contributed by atoms with Gasteiger partial charge in [0.15, 0.2) is 0 Å². The Morgan fingerprint density at radius 2 is 1.78 bits per heavy atom. The Balaban J connectivity index is 1.75. The van der Waals surface area contributed by atoms with Gasteiger partial charge in [-0.05, 0) is 69.4 Å². The Morgan fingerprint density at radius 1 is 1.08 bits per heavy atom. The normalized spacial score (nSPS) is 13.2. The number of carbonyl (C=O) groups excluding carboxylic acids is 1. The van der Waals surface area contributed by atoms with Crippen LogP contribution in [-0.4, -0.2) is 44.2 Å². The number of benzene rings is 1. The van der Waals surface area contributed by atoms with Crippen molar-refractivity contribution in [3.05, 3.63) is 65.1 Å². The molecule has 1 fully saturated rings. The molecule has 0 bridgehead atoms. The van der Waals surface area contributed by atoms with Crippen LogP contribution in [-0.2, 0) is 14.9 Å². The van der Waals surface area contributed by atoms with E-state index in [1.54, 1.807) is 13.0 Å². The molecule has 196 valence electrons. The zero-order valence-electron chi connectivity index (χ0n) is 21.6. The predicted molar refractivity (Wildman–Crippen MR) is 145 cm³/mol. The molecule has 4 rings (SSSR count). The smallest absolute Gasteiger partial charge is 0.278 e. The van der Waals surface area contributed by atoms with E-state index in [1.165, 1.54) is 17.5 Å². The highest BCUT2D eigenvalue weighted by Gasteiger charge is 2.26. The second-order valence-corrected chi connectivity index (χ2v) is 11.2. The number of rotatable bonds is 10. The van der Waals surface area contributed by atoms with E-state index in [2.05, 4.69) is 26.1 Å². The summed E-state index contributed by atoms with van der Waals surface area (Å²) in [4.78, 5) is 26.8. The third kappa shape index (κ3) is 6.55. The van der Waals surface area contributed by atoms with Gasteiger partial charge in [0.25, 0.3) is 5.91 Å². The van der Waals surface area contributed by atoms with Crippen molar-refractivity contribution in [3.8, 4) is 0 Å². The number of aromatic nitrogens is 2. The Kier molecular flexibility index (Phi) is 7.65. The fourth-order valence-electron chi connectivity index (χ4n) is 3.96. The van der Waals surface area contributed by atoms with Crippen molar-refractivity contribution < 1.29 is 18.0 Å². The first-order valence-corrected chi connectivity index (χ1v) is 13.9. The second-order valence-electron chi connectivity index (χ2n) is 9.15. The SMILES string of the molecule is CCONC(=O)c1cnc(Nc2cc(C)nc(C)c2)cc1Nc1ccc(C2CC2)cc1N(C)S(C)(=O)=O. The molecule has 0 spiro atoms. The maximum Gasteiger partial charge on any atom is 0.278 e. The van der Waals surface area contributed by atoms with Crippen LogP contribution in [0.25, 0.3) is 0 Å². The second kappa shape index (κ2) is 10.7. The summed E-state index contributed by atoms with van der Waals surface area (Å²) >= 11 is 0. The number of hydrogen-bond acceptors (Lipinski definition) is 8. The van der Waals surface area contributed by atoms with E-state index in [0.29, 0.717) is 35.4 Å². The highest BCUT2D eigenvalue weighted by Crippen LogP contribution is 2.43. The minimum atomic E-state index is -3.52. The number of aryl methyl sites for hydroxylation is 2. The fraction of sp³-hybridized carbons (Fsp3) is 0.346. The van der Waals surface area contributed by atoms with Gasteiger partial charge in [-0.25, -0.2) is 18.9 Å². The fourth-order valence-corrected chi connectivity index (χ4v) is 4.47. The van der Waals surface area contributed by atoms with Gasteiger partial charge in [0.1, 0.15) is 5.82 Å². The molecule has 1 aliphatic rings. The first-order chi connectivity index (χ1) is 17.5. The summed E-state index contributed by atoms with van der Waals surface area (Å²) in [7, 11) is -2.01. The number of pyridine rings is 2. The molecule has 37 heavy (non-hydrogen) atoms. The van der Waals surface area contributed by atoms with E-state index in [4.69, 9.17) is 4.84 Å². The molecule has 2 heterocycles. The average Bonchev–Trinajstić information content (AvgIpc) is 3.67. The summed E-state index contributed by atoms with van der Waals surface area (Å²) < 4.78 is 26.1. The topological polar surface area (TPSA) is 126 Å². The molecular formula is C26H32N6O4S. The molecule has 0 atom stereocenters. The van der Waals surface area contributed by atoms with Crippen LogP contribution in [0.1, 0.15) is 53.0 Å². The first kappa shape index (κ1) is 26.4. The van der Waals surface area contributed by atoms with E-state index >= 15 is 0 Å². The number of carbonyl (C=O) groups is 1. The molecule has 0 unspecified atom stereocenters. The quantitative estimate of drug-likeness (QED) is 0.330. The van der Waals surface area contributed by atoms with Crippen molar-refractivity contribution in [1.82, 2.24) is 15.4 Å². The van der Waals surface area contributed by atoms with Crippen molar-refractivity contribution in [2.24, 2.45) is 0 Å². The van der Waals surface area contributed by atoms with Crippen LogP contribution < -0.4 is 20.4 Å². The summed E-state index contributed by atoms with van der Waals surface area (Å²) in [5.74, 6) is 0.456. The molecule has 1 amide bonds. The largest absolute Gasteiger partial charge is 0.353 e. The first-order valence-electron chi connectivity index (χ1n) is 12.0. The van der Waals surface area contributed by atoms with E-state index in [0.717, 1.165) is 41.7 Å². The predicted octanol–water partition coefficient (Wildman–Crippen LogP) is 4.54. The van der Waals surface area contributed by atoms with Crippen LogP contribution in [0.2, 0.25) is 0 Å². The van der Waals surface area contributed by atoms with E-state index in [-0.39, 0.29) is 5.56 Å². The van der Waals surface area contributed by atoms with E-state index < -0.39 is 15.9 Å². The molecule has 3 N–H and O–H groups in total. The van der Waals surface area contributed by atoms with Gasteiger partial charge in [0.05, 0.1) is 35.5 Å². The Hall–Kier alpha value is -3.70. The summed E-state index contributed by atoms with van der Waals surface area (Å²) in [6, 6.07) is 11.2. The third-order valence-electron chi connectivity index (χ3n) is 5.99. The molecule has 1 saturated carbocycles. The van der Waals surface area contributed by atoms with Gasteiger partial charge < -0.3 is 10.6 Å². The number of sulfonamides is 1. The summed E-state index contributed by atoms with van der Waals surface area (Å²) in [5, 5.41) is 6.53. The molecule has 2 aromatic heterocycles. The lowest BCUT2D eigenvalue weighted by atomic mass is 10.1. The molecule has 0 radical (unpaired) electrons. The van der Waals surface area contributed by atoms with Gasteiger partial charge in [-0.15, -0.1) is 0 Å². The number of anilines is 5. The summed E-state index contributed by atoms with van der Waals surface area (Å²) in [6.45, 7) is 5.88. The number of amides is 1. The van der Waals surface area contributed by atoms with Gasteiger partial charge in [-0.2, -0.15) is 0 Å². The number of nitrogens with zero attached hydrogens (tertiary/aromatic N) is 3. The Bertz CT molecular complexity index is 1400. The average molecular weight is 525 g/mol. The van der Waals surface area contributed by atoms with Crippen molar-refractivity contribution in [1.29, 1.82) is 0 Å². The molecule has 10 nitrogen and oxygen atoms in total. The van der Waals surface area contributed by atoms with Crippen LogP contribution in [0, 0.1) is 13.8 Å². The van der Waals surface area contributed by atoms with Gasteiger partial charge in [-0.3, -0.25) is 18.9 Å². The minimum Gasteiger partial charge on any atom is -0.353 e. The Labute approximate surface area is 217 Å². The Morgan fingerprint density at radius 3 is 2.41 bits per heavy atom. The molecule has 1 aromatic carbocycles. The maximum absolute atomic E-state index is 12.9. The lowest BCUT2D eigenvalue weighted by Gasteiger charge is -2.23. The molecular weight excluding hydrogens is 492 g/mol. The number of nitrogens with one attached hydrogen (secondary N) is 3. The highest BCUT2D eigenvalue weighted by molar-refractivity contribution is 7.92. The number of hydroxylamine groups is 1. The van der Waals surface area contributed by atoms with Gasteiger partial charge in [0, 0.05) is 36.4 Å². The molecule has 11 heteroatoms. The summed E-state index contributed by atoms with van der Waals surface area (Å²) in [5.41, 5.74) is 7.71. The molecule has 0 aliphatic heterocycles. The molecule has 0 saturated heterocycles. The van der Waals surface area contributed by atoms with Crippen molar-refractivity contribution >= 4 is 44.5 Å². The van der Waals surface area contributed by atoms with E-state index in [9.17, 15) is 13.2 Å². The van der Waals surface area contributed by atoms with Crippen molar-refractivity contribution in [2.75, 3.05) is 34.8 Å². The van der Waals surface area contributed by atoms with Crippen LogP contribution in [0.3, 0.4) is 0 Å². The summed E-state index contributed by atoms with van der Waals surface area (Å²) in [6.07, 6.45) is 4.78. The zero-order valence-corrected chi connectivity index (χ0v) is 22.4. The third-order valence-corrected chi connectivity index (χ3v) is 7.18. The lowest BCUT2D eigenvalue weighted by Crippen LogP contribution is -2.26. The zero-order chi connectivity index (χ0) is 26.7. The standard InChI is InChI=1S/C26H32N6O4S/c1-6-36-31-26(33)21-15-27-25(29-20-11-16(2)28-17(3)12-20)14-23(21)30-22-10-9-19(18-7-8-18)13-24(22)32(4)37(5,34)35/h9-15,18H,6-8H2,1-5H3,(H,31,33)(H2,27,28,29,30). The van der Waals surface area contributed by atoms with Gasteiger partial charge >= 0.3 is 0 Å². The van der Waals surface area contributed by atoms with E-state index in [1.807, 2.05) is 44.2 Å².